The largest absolute Gasteiger partial charge is 0.481 e. The predicted molar refractivity (Wildman–Crippen MR) is 101 cm³/mol. The Morgan fingerprint density at radius 3 is 2.17 bits per heavy atom. The van der Waals surface area contributed by atoms with Gasteiger partial charge in [-0.15, -0.1) is 0 Å². The average Bonchev–Trinajstić information content (AvgIpc) is 2.64. The second-order valence-electron chi connectivity index (χ2n) is 6.68. The number of urea groups is 1. The third-order valence-electron chi connectivity index (χ3n) is 3.96. The van der Waals surface area contributed by atoms with Crippen molar-refractivity contribution in [1.82, 2.24) is 21.3 Å². The van der Waals surface area contributed by atoms with Gasteiger partial charge in [0.2, 0.25) is 18.2 Å². The lowest BCUT2D eigenvalue weighted by atomic mass is 10.0. The predicted octanol–water partition coefficient (Wildman–Crippen LogP) is -1.76. The van der Waals surface area contributed by atoms with E-state index in [-0.39, 0.29) is 38.1 Å². The first-order chi connectivity index (χ1) is 13.6. The summed E-state index contributed by atoms with van der Waals surface area (Å²) < 4.78 is 0. The molecular formula is C17H29N5O7. The monoisotopic (exact) mass is 415 g/mol. The highest BCUT2D eigenvalue weighted by Gasteiger charge is 2.29. The summed E-state index contributed by atoms with van der Waals surface area (Å²) >= 11 is 0. The van der Waals surface area contributed by atoms with Gasteiger partial charge in [0.15, 0.2) is 0 Å². The fourth-order valence-electron chi connectivity index (χ4n) is 2.41. The van der Waals surface area contributed by atoms with E-state index in [9.17, 15) is 28.8 Å². The van der Waals surface area contributed by atoms with E-state index < -0.39 is 41.9 Å². The van der Waals surface area contributed by atoms with E-state index in [0.717, 1.165) is 0 Å². The second kappa shape index (κ2) is 13.9. The van der Waals surface area contributed by atoms with Gasteiger partial charge < -0.3 is 36.9 Å². The lowest BCUT2D eigenvalue weighted by Gasteiger charge is -2.25. The maximum absolute atomic E-state index is 12.5. The number of rotatable bonds is 15. The van der Waals surface area contributed by atoms with Gasteiger partial charge in [-0.2, -0.15) is 0 Å². The number of hydrogen-bond donors (Lipinski definition) is 6. The highest BCUT2D eigenvalue weighted by Crippen LogP contribution is 2.06. The summed E-state index contributed by atoms with van der Waals surface area (Å²) in [6.45, 7) is 3.59. The van der Waals surface area contributed by atoms with Crippen molar-refractivity contribution in [2.75, 3.05) is 6.54 Å². The van der Waals surface area contributed by atoms with E-state index in [0.29, 0.717) is 12.7 Å². The van der Waals surface area contributed by atoms with Gasteiger partial charge in [-0.05, 0) is 25.2 Å². The molecule has 0 bridgehead atoms. The summed E-state index contributed by atoms with van der Waals surface area (Å²) in [5.74, 6) is -2.79. The Kier molecular flexibility index (Phi) is 12.4. The van der Waals surface area contributed by atoms with Gasteiger partial charge in [-0.1, -0.05) is 13.8 Å². The smallest absolute Gasteiger partial charge is 0.312 e. The van der Waals surface area contributed by atoms with Crippen LogP contribution in [0.4, 0.5) is 4.79 Å². The molecule has 12 heteroatoms. The molecule has 164 valence electrons. The van der Waals surface area contributed by atoms with Gasteiger partial charge in [0.05, 0.1) is 6.04 Å². The molecule has 0 aromatic carbocycles. The summed E-state index contributed by atoms with van der Waals surface area (Å²) in [5.41, 5.74) is 4.94. The molecule has 0 saturated heterocycles. The Labute approximate surface area is 168 Å². The maximum atomic E-state index is 12.5. The van der Waals surface area contributed by atoms with E-state index in [1.807, 2.05) is 0 Å². The minimum atomic E-state index is -1.13. The Balaban J connectivity index is 4.90. The normalized spacial score (nSPS) is 13.5. The summed E-state index contributed by atoms with van der Waals surface area (Å²) in [5, 5.41) is 18.3. The first-order valence-electron chi connectivity index (χ1n) is 9.13. The molecule has 0 heterocycles. The van der Waals surface area contributed by atoms with E-state index in [2.05, 4.69) is 21.3 Å². The van der Waals surface area contributed by atoms with Crippen molar-refractivity contribution in [1.29, 1.82) is 0 Å². The van der Waals surface area contributed by atoms with E-state index in [1.165, 1.54) is 0 Å². The molecular weight excluding hydrogens is 386 g/mol. The molecule has 0 saturated carbocycles. The Morgan fingerprint density at radius 1 is 1.03 bits per heavy atom. The quantitative estimate of drug-likeness (QED) is 0.134. The number of aldehydes is 1. The summed E-state index contributed by atoms with van der Waals surface area (Å²) in [6.07, 6.45) is 0.984. The first kappa shape index (κ1) is 25.8. The van der Waals surface area contributed by atoms with Crippen LogP contribution in [0.1, 0.15) is 39.5 Å². The Morgan fingerprint density at radius 2 is 1.69 bits per heavy atom. The van der Waals surface area contributed by atoms with Crippen molar-refractivity contribution in [3.63, 3.8) is 0 Å². The van der Waals surface area contributed by atoms with Crippen molar-refractivity contribution >= 4 is 36.5 Å². The lowest BCUT2D eigenvalue weighted by molar-refractivity contribution is -0.138. The zero-order chi connectivity index (χ0) is 22.4. The van der Waals surface area contributed by atoms with Gasteiger partial charge in [-0.25, -0.2) is 4.79 Å². The van der Waals surface area contributed by atoms with Gasteiger partial charge in [-0.3, -0.25) is 19.2 Å². The number of aliphatic carboxylic acids is 1. The number of hydrogen-bond acceptors (Lipinski definition) is 6. The van der Waals surface area contributed by atoms with Gasteiger partial charge in [0.1, 0.15) is 18.4 Å². The third kappa shape index (κ3) is 11.3. The molecule has 0 aromatic rings. The fraction of sp³-hybridized carbons (Fsp3) is 0.647. The van der Waals surface area contributed by atoms with Crippen molar-refractivity contribution in [2.24, 2.45) is 11.7 Å². The molecule has 3 unspecified atom stereocenters. The SMILES string of the molecule is CC(C)C(NC(=O)C(CCC(=O)O)NC=O)C(=O)NC(C=O)CCCNC(N)=O. The van der Waals surface area contributed by atoms with Crippen LogP contribution in [0.15, 0.2) is 0 Å². The summed E-state index contributed by atoms with van der Waals surface area (Å²) in [7, 11) is 0. The van der Waals surface area contributed by atoms with Crippen LogP contribution in [0.25, 0.3) is 0 Å². The zero-order valence-electron chi connectivity index (χ0n) is 16.5. The van der Waals surface area contributed by atoms with Gasteiger partial charge in [0.25, 0.3) is 0 Å². The first-order valence-corrected chi connectivity index (χ1v) is 9.13. The Hall–Kier alpha value is -3.18. The molecule has 0 spiro atoms. The number of carbonyl (C=O) groups excluding carboxylic acids is 5. The van der Waals surface area contributed by atoms with Crippen LogP contribution in [0, 0.1) is 5.92 Å². The number of carboxylic acids is 1. The number of carbonyl (C=O) groups is 6. The van der Waals surface area contributed by atoms with Crippen LogP contribution in [-0.2, 0) is 24.0 Å². The number of nitrogens with one attached hydrogen (secondary N) is 4. The van der Waals surface area contributed by atoms with Crippen molar-refractivity contribution in [3.05, 3.63) is 0 Å². The lowest BCUT2D eigenvalue weighted by Crippen LogP contribution is -2.56. The minimum absolute atomic E-state index is 0.143. The molecule has 0 fully saturated rings. The van der Waals surface area contributed by atoms with Crippen LogP contribution in [-0.4, -0.2) is 66.3 Å². The third-order valence-corrected chi connectivity index (χ3v) is 3.96. The summed E-state index contributed by atoms with van der Waals surface area (Å²) in [6, 6.07) is -3.64. The molecule has 7 N–H and O–H groups in total. The minimum Gasteiger partial charge on any atom is -0.481 e. The van der Waals surface area contributed by atoms with Crippen molar-refractivity contribution < 1.29 is 33.9 Å². The molecule has 0 rings (SSSR count). The Bertz CT molecular complexity index is 597. The molecule has 0 aromatic heterocycles. The van der Waals surface area contributed by atoms with Crippen LogP contribution in [0.3, 0.4) is 0 Å². The van der Waals surface area contributed by atoms with E-state index >= 15 is 0 Å². The van der Waals surface area contributed by atoms with Crippen LogP contribution in [0.5, 0.6) is 0 Å². The molecule has 3 atom stereocenters. The van der Waals surface area contributed by atoms with Crippen LogP contribution >= 0.6 is 0 Å². The van der Waals surface area contributed by atoms with Crippen LogP contribution < -0.4 is 27.0 Å². The highest BCUT2D eigenvalue weighted by atomic mass is 16.4. The van der Waals surface area contributed by atoms with Crippen molar-refractivity contribution in [3.8, 4) is 0 Å². The molecule has 0 radical (unpaired) electrons. The maximum Gasteiger partial charge on any atom is 0.312 e. The average molecular weight is 415 g/mol. The molecule has 5 amide bonds. The van der Waals surface area contributed by atoms with Gasteiger partial charge in [0, 0.05) is 13.0 Å². The molecule has 12 nitrogen and oxygen atoms in total. The second-order valence-corrected chi connectivity index (χ2v) is 6.68. The fourth-order valence-corrected chi connectivity index (χ4v) is 2.41. The topological polar surface area (TPSA) is 197 Å². The molecule has 29 heavy (non-hydrogen) atoms. The van der Waals surface area contributed by atoms with E-state index in [4.69, 9.17) is 10.8 Å². The number of nitrogens with two attached hydrogens (primary N) is 1. The van der Waals surface area contributed by atoms with Crippen LogP contribution in [0.2, 0.25) is 0 Å². The number of amides is 5. The highest BCUT2D eigenvalue weighted by molar-refractivity contribution is 5.91. The van der Waals surface area contributed by atoms with Crippen molar-refractivity contribution in [2.45, 2.75) is 57.7 Å². The molecule has 0 aliphatic carbocycles. The number of primary amides is 1. The summed E-state index contributed by atoms with van der Waals surface area (Å²) in [4.78, 5) is 68.1. The van der Waals surface area contributed by atoms with E-state index in [1.54, 1.807) is 13.8 Å². The molecule has 0 aliphatic heterocycles. The standard InChI is InChI=1S/C17H29N5O7/c1-10(2)14(22-15(27)12(20-9-24)5-6-13(25)26)16(28)21-11(8-23)4-3-7-19-17(18)29/h8-12,14H,3-7H2,1-2H3,(H,20,24)(H,21,28)(H,22,27)(H,25,26)(H3,18,19,29). The van der Waals surface area contributed by atoms with Gasteiger partial charge >= 0.3 is 12.0 Å². The number of carboxylic acid groups (broad SMARTS) is 1. The zero-order valence-corrected chi connectivity index (χ0v) is 16.5. The molecule has 0 aliphatic rings.